The van der Waals surface area contributed by atoms with E-state index in [1.807, 2.05) is 6.07 Å². The van der Waals surface area contributed by atoms with E-state index in [-0.39, 0.29) is 5.97 Å². The molecular formula is C12H12O3. The Labute approximate surface area is 88.4 Å². The zero-order valence-electron chi connectivity index (χ0n) is 8.47. The predicted octanol–water partition coefficient (Wildman–Crippen LogP) is 2.08. The summed E-state index contributed by atoms with van der Waals surface area (Å²) in [5, 5.41) is 0. The molecule has 0 atom stereocenters. The molecule has 0 amide bonds. The summed E-state index contributed by atoms with van der Waals surface area (Å²) in [6, 6.07) is 6.97. The van der Waals surface area contributed by atoms with Gasteiger partial charge in [-0.1, -0.05) is 18.2 Å². The maximum absolute atomic E-state index is 11.0. The number of benzene rings is 1. The van der Waals surface area contributed by atoms with Crippen molar-refractivity contribution in [1.29, 1.82) is 0 Å². The molecule has 0 bridgehead atoms. The van der Waals surface area contributed by atoms with Crippen LogP contribution < -0.4 is 0 Å². The highest BCUT2D eigenvalue weighted by Gasteiger charge is 1.94. The highest BCUT2D eigenvalue weighted by molar-refractivity contribution is 5.87. The van der Waals surface area contributed by atoms with Crippen LogP contribution in [-0.2, 0) is 9.53 Å². The average molecular weight is 204 g/mol. The average Bonchev–Trinajstić information content (AvgIpc) is 2.27. The minimum Gasteiger partial charge on any atom is -0.463 e. The fourth-order valence-corrected chi connectivity index (χ4v) is 1.09. The van der Waals surface area contributed by atoms with Crippen molar-refractivity contribution in [2.45, 2.75) is 6.92 Å². The summed E-state index contributed by atoms with van der Waals surface area (Å²) in [6.45, 7) is 2.11. The Bertz CT molecular complexity index is 380. The lowest BCUT2D eigenvalue weighted by molar-refractivity contribution is -0.137. The second-order valence-electron chi connectivity index (χ2n) is 2.87. The highest BCUT2D eigenvalue weighted by Crippen LogP contribution is 2.05. The minimum absolute atomic E-state index is 0.359. The Kier molecular flexibility index (Phi) is 4.29. The van der Waals surface area contributed by atoms with Crippen LogP contribution >= 0.6 is 0 Å². The first kappa shape index (κ1) is 11.2. The molecule has 1 rings (SSSR count). The molecule has 0 radical (unpaired) electrons. The van der Waals surface area contributed by atoms with Gasteiger partial charge in [-0.15, -0.1) is 0 Å². The predicted molar refractivity (Wildman–Crippen MR) is 57.5 cm³/mol. The molecule has 0 saturated carbocycles. The van der Waals surface area contributed by atoms with Crippen molar-refractivity contribution in [2.24, 2.45) is 0 Å². The van der Waals surface area contributed by atoms with Gasteiger partial charge in [0.1, 0.15) is 6.29 Å². The summed E-state index contributed by atoms with van der Waals surface area (Å²) >= 11 is 0. The van der Waals surface area contributed by atoms with Crippen molar-refractivity contribution in [1.82, 2.24) is 0 Å². The van der Waals surface area contributed by atoms with Gasteiger partial charge < -0.3 is 4.74 Å². The van der Waals surface area contributed by atoms with E-state index in [0.717, 1.165) is 11.8 Å². The van der Waals surface area contributed by atoms with Crippen molar-refractivity contribution in [3.8, 4) is 0 Å². The second kappa shape index (κ2) is 5.75. The van der Waals surface area contributed by atoms with E-state index >= 15 is 0 Å². The van der Waals surface area contributed by atoms with E-state index < -0.39 is 0 Å². The highest BCUT2D eigenvalue weighted by atomic mass is 16.5. The first-order valence-corrected chi connectivity index (χ1v) is 4.66. The third kappa shape index (κ3) is 3.77. The number of rotatable bonds is 4. The number of carbonyl (C=O) groups is 2. The summed E-state index contributed by atoms with van der Waals surface area (Å²) in [7, 11) is 0. The maximum atomic E-state index is 11.0. The topological polar surface area (TPSA) is 43.4 Å². The smallest absolute Gasteiger partial charge is 0.330 e. The molecule has 0 unspecified atom stereocenters. The van der Waals surface area contributed by atoms with Crippen LogP contribution in [0.25, 0.3) is 6.08 Å². The molecule has 1 aromatic rings. The van der Waals surface area contributed by atoms with Gasteiger partial charge in [0.2, 0.25) is 0 Å². The Morgan fingerprint density at radius 2 is 2.13 bits per heavy atom. The molecule has 0 aliphatic heterocycles. The zero-order valence-corrected chi connectivity index (χ0v) is 8.47. The quantitative estimate of drug-likeness (QED) is 0.428. The molecule has 3 heteroatoms. The van der Waals surface area contributed by atoms with Crippen LogP contribution in [0.3, 0.4) is 0 Å². The van der Waals surface area contributed by atoms with Crippen LogP contribution in [0.5, 0.6) is 0 Å². The first-order chi connectivity index (χ1) is 7.26. The van der Waals surface area contributed by atoms with E-state index in [1.165, 1.54) is 6.08 Å². The van der Waals surface area contributed by atoms with Crippen LogP contribution in [-0.4, -0.2) is 18.9 Å². The van der Waals surface area contributed by atoms with Crippen LogP contribution in [0.15, 0.2) is 30.3 Å². The van der Waals surface area contributed by atoms with Crippen LogP contribution in [0.4, 0.5) is 0 Å². The maximum Gasteiger partial charge on any atom is 0.330 e. The van der Waals surface area contributed by atoms with E-state index in [1.54, 1.807) is 31.2 Å². The molecule has 0 fully saturated rings. The molecule has 0 saturated heterocycles. The van der Waals surface area contributed by atoms with Gasteiger partial charge >= 0.3 is 5.97 Å². The molecule has 3 nitrogen and oxygen atoms in total. The van der Waals surface area contributed by atoms with Crippen molar-refractivity contribution in [3.63, 3.8) is 0 Å². The van der Waals surface area contributed by atoms with Gasteiger partial charge in [0, 0.05) is 11.6 Å². The molecule has 78 valence electrons. The van der Waals surface area contributed by atoms with Crippen LogP contribution in [0.2, 0.25) is 0 Å². The molecule has 0 spiro atoms. The Morgan fingerprint density at radius 1 is 1.40 bits per heavy atom. The fraction of sp³-hybridized carbons (Fsp3) is 0.167. The van der Waals surface area contributed by atoms with Crippen LogP contribution in [0, 0.1) is 0 Å². The number of hydrogen-bond donors (Lipinski definition) is 0. The second-order valence-corrected chi connectivity index (χ2v) is 2.87. The van der Waals surface area contributed by atoms with E-state index in [0.29, 0.717) is 12.2 Å². The summed E-state index contributed by atoms with van der Waals surface area (Å²) < 4.78 is 4.72. The SMILES string of the molecule is CCOC(=O)/C=C/c1cccc(C=O)c1. The third-order valence-electron chi connectivity index (χ3n) is 1.75. The van der Waals surface area contributed by atoms with Crippen molar-refractivity contribution in [2.75, 3.05) is 6.61 Å². The first-order valence-electron chi connectivity index (χ1n) is 4.66. The Balaban J connectivity index is 2.71. The summed E-state index contributed by atoms with van der Waals surface area (Å²) in [5.41, 5.74) is 1.38. The Hall–Kier alpha value is -1.90. The van der Waals surface area contributed by atoms with E-state index in [2.05, 4.69) is 0 Å². The lowest BCUT2D eigenvalue weighted by Crippen LogP contribution is -1.98. The van der Waals surface area contributed by atoms with E-state index in [4.69, 9.17) is 4.74 Å². The number of esters is 1. The monoisotopic (exact) mass is 204 g/mol. The minimum atomic E-state index is -0.381. The number of aldehydes is 1. The van der Waals surface area contributed by atoms with Gasteiger partial charge in [-0.05, 0) is 24.6 Å². The van der Waals surface area contributed by atoms with E-state index in [9.17, 15) is 9.59 Å². The van der Waals surface area contributed by atoms with Gasteiger partial charge in [0.25, 0.3) is 0 Å². The van der Waals surface area contributed by atoms with Crippen LogP contribution in [0.1, 0.15) is 22.8 Å². The van der Waals surface area contributed by atoms with Gasteiger partial charge in [0.15, 0.2) is 0 Å². The van der Waals surface area contributed by atoms with Crippen molar-refractivity contribution >= 4 is 18.3 Å². The van der Waals surface area contributed by atoms with Gasteiger partial charge in [-0.2, -0.15) is 0 Å². The molecular weight excluding hydrogens is 192 g/mol. The number of carbonyl (C=O) groups excluding carboxylic acids is 2. The van der Waals surface area contributed by atoms with Crippen molar-refractivity contribution in [3.05, 3.63) is 41.5 Å². The summed E-state index contributed by atoms with van der Waals surface area (Å²) in [6.07, 6.45) is 3.72. The molecule has 0 heterocycles. The standard InChI is InChI=1S/C12H12O3/c1-2-15-12(14)7-6-10-4-3-5-11(8-10)9-13/h3-9H,2H2,1H3/b7-6+. The summed E-state index contributed by atoms with van der Waals surface area (Å²) in [4.78, 5) is 21.5. The number of hydrogen-bond acceptors (Lipinski definition) is 3. The lowest BCUT2D eigenvalue weighted by atomic mass is 10.1. The zero-order chi connectivity index (χ0) is 11.1. The molecule has 0 N–H and O–H groups in total. The van der Waals surface area contributed by atoms with Crippen molar-refractivity contribution < 1.29 is 14.3 Å². The fourth-order valence-electron chi connectivity index (χ4n) is 1.09. The molecule has 0 aromatic heterocycles. The molecule has 0 aliphatic carbocycles. The molecule has 1 aromatic carbocycles. The summed E-state index contributed by atoms with van der Waals surface area (Å²) in [5.74, 6) is -0.381. The molecule has 15 heavy (non-hydrogen) atoms. The van der Waals surface area contributed by atoms with Gasteiger partial charge in [-0.25, -0.2) is 4.79 Å². The lowest BCUT2D eigenvalue weighted by Gasteiger charge is -1.96. The molecule has 0 aliphatic rings. The third-order valence-corrected chi connectivity index (χ3v) is 1.75. The number of ether oxygens (including phenoxy) is 1. The normalized spacial score (nSPS) is 10.2. The van der Waals surface area contributed by atoms with Gasteiger partial charge in [-0.3, -0.25) is 4.79 Å². The Morgan fingerprint density at radius 3 is 2.80 bits per heavy atom. The van der Waals surface area contributed by atoms with Gasteiger partial charge in [0.05, 0.1) is 6.61 Å². The largest absolute Gasteiger partial charge is 0.463 e.